The number of rotatable bonds is 0. The van der Waals surface area contributed by atoms with Crippen LogP contribution in [-0.2, 0) is 0 Å². The van der Waals surface area contributed by atoms with Gasteiger partial charge in [0.15, 0.2) is 0 Å². The Bertz CT molecular complexity index is 381. The molecule has 0 bridgehead atoms. The van der Waals surface area contributed by atoms with Crippen molar-refractivity contribution in [2.45, 2.75) is 0 Å². The average Bonchev–Trinajstić information content (AvgIpc) is 2.09. The summed E-state index contributed by atoms with van der Waals surface area (Å²) in [6.07, 6.45) is 0. The van der Waals surface area contributed by atoms with Crippen LogP contribution >= 0.6 is 24.2 Å². The van der Waals surface area contributed by atoms with E-state index in [1.807, 2.05) is 0 Å². The second kappa shape index (κ2) is 4.40. The van der Waals surface area contributed by atoms with Crippen LogP contribution in [0, 0.1) is 17.7 Å². The third-order valence-electron chi connectivity index (χ3n) is 1.39. The van der Waals surface area contributed by atoms with E-state index in [9.17, 15) is 4.39 Å². The lowest BCUT2D eigenvalue weighted by Crippen LogP contribution is -1.91. The van der Waals surface area contributed by atoms with Crippen LogP contribution in [0.4, 0.5) is 10.1 Å². The second-order valence-corrected chi connectivity index (χ2v) is 3.04. The van der Waals surface area contributed by atoms with E-state index in [-0.39, 0.29) is 5.69 Å². The highest BCUT2D eigenvalue weighted by atomic mass is 35.5. The van der Waals surface area contributed by atoms with Crippen LogP contribution in [0.5, 0.6) is 0 Å². The summed E-state index contributed by atoms with van der Waals surface area (Å²) >= 11 is 9.66. The summed E-state index contributed by atoms with van der Waals surface area (Å²) < 4.78 is 12.9. The number of nitrogens with two attached hydrogens (primary N) is 1. The van der Waals surface area contributed by atoms with E-state index in [2.05, 4.69) is 24.5 Å². The maximum absolute atomic E-state index is 12.9. The van der Waals surface area contributed by atoms with Gasteiger partial charge >= 0.3 is 0 Å². The molecule has 68 valence electrons. The van der Waals surface area contributed by atoms with Gasteiger partial charge in [0.2, 0.25) is 0 Å². The van der Waals surface area contributed by atoms with Gasteiger partial charge in [0.05, 0.1) is 16.5 Å². The molecule has 0 amide bonds. The molecule has 2 N–H and O–H groups in total. The van der Waals surface area contributed by atoms with Crippen LogP contribution in [0.25, 0.3) is 0 Å². The van der Waals surface area contributed by atoms with E-state index in [0.29, 0.717) is 16.3 Å². The fourth-order valence-corrected chi connectivity index (χ4v) is 1.09. The number of halogens is 2. The number of thiol groups is 1. The van der Waals surface area contributed by atoms with Crippen molar-refractivity contribution >= 4 is 29.9 Å². The Morgan fingerprint density at radius 3 is 2.85 bits per heavy atom. The van der Waals surface area contributed by atoms with Crippen molar-refractivity contribution < 1.29 is 4.39 Å². The number of benzene rings is 1. The van der Waals surface area contributed by atoms with E-state index in [0.717, 1.165) is 0 Å². The van der Waals surface area contributed by atoms with Gasteiger partial charge in [-0.25, -0.2) is 4.39 Å². The molecule has 0 heterocycles. The largest absolute Gasteiger partial charge is 0.396 e. The van der Waals surface area contributed by atoms with Gasteiger partial charge in [-0.2, -0.15) is 12.6 Å². The molecule has 13 heavy (non-hydrogen) atoms. The average molecular weight is 216 g/mol. The minimum absolute atomic E-state index is 0.0291. The third-order valence-corrected chi connectivity index (χ3v) is 1.86. The van der Waals surface area contributed by atoms with Crippen molar-refractivity contribution in [1.82, 2.24) is 0 Å². The van der Waals surface area contributed by atoms with Crippen LogP contribution in [0.1, 0.15) is 5.56 Å². The van der Waals surface area contributed by atoms with Gasteiger partial charge < -0.3 is 5.73 Å². The maximum atomic E-state index is 12.9. The van der Waals surface area contributed by atoms with Crippen molar-refractivity contribution in [2.24, 2.45) is 0 Å². The molecule has 4 heteroatoms. The van der Waals surface area contributed by atoms with Crippen LogP contribution in [-0.4, -0.2) is 5.75 Å². The summed E-state index contributed by atoms with van der Waals surface area (Å²) in [5, 5.41) is 0.355. The maximum Gasteiger partial charge on any atom is 0.147 e. The van der Waals surface area contributed by atoms with E-state index < -0.39 is 5.82 Å². The summed E-state index contributed by atoms with van der Waals surface area (Å²) in [5.74, 6) is 5.25. The molecule has 0 saturated carbocycles. The standard InChI is InChI=1S/C9H7ClFNS/c10-7-5-9(12)8(11)4-6(7)2-1-3-13/h4-5,13H,3,12H2. The highest BCUT2D eigenvalue weighted by Gasteiger charge is 2.03. The lowest BCUT2D eigenvalue weighted by molar-refractivity contribution is 0.632. The molecule has 0 fully saturated rings. The molecule has 0 radical (unpaired) electrons. The molecule has 1 aromatic carbocycles. The van der Waals surface area contributed by atoms with Crippen LogP contribution in [0.15, 0.2) is 12.1 Å². The molecule has 1 nitrogen and oxygen atoms in total. The molecule has 0 atom stereocenters. The zero-order valence-electron chi connectivity index (χ0n) is 6.64. The lowest BCUT2D eigenvalue weighted by atomic mass is 10.2. The fraction of sp³-hybridized carbons (Fsp3) is 0.111. The van der Waals surface area contributed by atoms with E-state index >= 15 is 0 Å². The summed E-state index contributed by atoms with van der Waals surface area (Å²) in [6.45, 7) is 0. The van der Waals surface area contributed by atoms with Gasteiger partial charge in [0.1, 0.15) is 5.82 Å². The smallest absolute Gasteiger partial charge is 0.147 e. The molecule has 0 aliphatic rings. The molecule has 0 saturated heterocycles. The van der Waals surface area contributed by atoms with Crippen LogP contribution in [0.2, 0.25) is 5.02 Å². The Labute approximate surface area is 86.5 Å². The molecule has 0 unspecified atom stereocenters. The van der Waals surface area contributed by atoms with Gasteiger partial charge in [-0.15, -0.1) is 0 Å². The zero-order chi connectivity index (χ0) is 9.84. The van der Waals surface area contributed by atoms with Crippen molar-refractivity contribution in [2.75, 3.05) is 11.5 Å². The van der Waals surface area contributed by atoms with Gasteiger partial charge in [-0.3, -0.25) is 0 Å². The Morgan fingerprint density at radius 2 is 2.23 bits per heavy atom. The van der Waals surface area contributed by atoms with Crippen molar-refractivity contribution in [3.63, 3.8) is 0 Å². The monoisotopic (exact) mass is 215 g/mol. The number of nitrogen functional groups attached to an aromatic ring is 1. The molecule has 0 aromatic heterocycles. The summed E-state index contributed by atoms with van der Waals surface area (Å²) in [7, 11) is 0. The summed E-state index contributed by atoms with van der Waals surface area (Å²) in [6, 6.07) is 2.56. The van der Waals surface area contributed by atoms with Crippen LogP contribution < -0.4 is 5.73 Å². The minimum atomic E-state index is -0.507. The van der Waals surface area contributed by atoms with Gasteiger partial charge in [0.25, 0.3) is 0 Å². The predicted octanol–water partition coefficient (Wildman–Crippen LogP) is 2.34. The van der Waals surface area contributed by atoms with Crippen molar-refractivity contribution in [3.8, 4) is 11.8 Å². The van der Waals surface area contributed by atoms with E-state index in [1.165, 1.54) is 12.1 Å². The molecule has 1 rings (SSSR count). The quantitative estimate of drug-likeness (QED) is 0.388. The molecule has 0 spiro atoms. The highest BCUT2D eigenvalue weighted by Crippen LogP contribution is 2.21. The first kappa shape index (κ1) is 10.2. The predicted molar refractivity (Wildman–Crippen MR) is 56.6 cm³/mol. The normalized spacial score (nSPS) is 9.15. The second-order valence-electron chi connectivity index (χ2n) is 2.31. The SMILES string of the molecule is Nc1cc(Cl)c(C#CCS)cc1F. The van der Waals surface area contributed by atoms with Crippen molar-refractivity contribution in [1.29, 1.82) is 0 Å². The van der Waals surface area contributed by atoms with E-state index in [1.54, 1.807) is 0 Å². The lowest BCUT2D eigenvalue weighted by Gasteiger charge is -1.99. The number of anilines is 1. The molecule has 1 aromatic rings. The van der Waals surface area contributed by atoms with E-state index in [4.69, 9.17) is 17.3 Å². The molecule has 0 aliphatic heterocycles. The van der Waals surface area contributed by atoms with Gasteiger partial charge in [-0.05, 0) is 12.1 Å². The molecule has 0 aliphatic carbocycles. The fourth-order valence-electron chi connectivity index (χ4n) is 0.793. The zero-order valence-corrected chi connectivity index (χ0v) is 8.29. The first-order valence-electron chi connectivity index (χ1n) is 3.49. The topological polar surface area (TPSA) is 26.0 Å². The number of hydrogen-bond acceptors (Lipinski definition) is 2. The van der Waals surface area contributed by atoms with Crippen molar-refractivity contribution in [3.05, 3.63) is 28.5 Å². The van der Waals surface area contributed by atoms with Crippen LogP contribution in [0.3, 0.4) is 0 Å². The third kappa shape index (κ3) is 2.55. The number of hydrogen-bond donors (Lipinski definition) is 2. The molecular formula is C9H7ClFNS. The molecular weight excluding hydrogens is 209 g/mol. The highest BCUT2D eigenvalue weighted by molar-refractivity contribution is 7.80. The van der Waals surface area contributed by atoms with Gasteiger partial charge in [0, 0.05) is 5.56 Å². The first-order chi connectivity index (χ1) is 6.15. The van der Waals surface area contributed by atoms with Gasteiger partial charge in [-0.1, -0.05) is 23.4 Å². The minimum Gasteiger partial charge on any atom is -0.396 e. The Morgan fingerprint density at radius 1 is 1.54 bits per heavy atom. The Balaban J connectivity index is 3.16. The summed E-state index contributed by atoms with van der Waals surface area (Å²) in [4.78, 5) is 0. The first-order valence-corrected chi connectivity index (χ1v) is 4.50. The Hall–Kier alpha value is -0.850. The Kier molecular flexibility index (Phi) is 3.47. The summed E-state index contributed by atoms with van der Waals surface area (Å²) in [5.41, 5.74) is 5.76.